The summed E-state index contributed by atoms with van der Waals surface area (Å²) in [5.41, 5.74) is -0.595. The molecule has 1 aromatic carbocycles. The summed E-state index contributed by atoms with van der Waals surface area (Å²) in [6.45, 7) is 0.122. The molecule has 0 bridgehead atoms. The highest BCUT2D eigenvalue weighted by Gasteiger charge is 2.38. The number of carbonyl (C=O) groups excluding carboxylic acids is 1. The second-order valence-corrected chi connectivity index (χ2v) is 4.88. The molecule has 3 rings (SSSR count). The standard InChI is InChI=1S/C15H11F3N2O2/c16-15(17,18)10-3-1-4-11-9(10)6-8-20(11)14(22)13-12(21)5-2-7-19-13/h1-5,7,21H,6,8H2. The van der Waals surface area contributed by atoms with Gasteiger partial charge in [-0.15, -0.1) is 0 Å². The average molecular weight is 308 g/mol. The van der Waals surface area contributed by atoms with Crippen LogP contribution < -0.4 is 4.90 Å². The van der Waals surface area contributed by atoms with E-state index in [4.69, 9.17) is 0 Å². The molecule has 1 aliphatic heterocycles. The van der Waals surface area contributed by atoms with Crippen molar-refractivity contribution in [3.05, 3.63) is 53.3 Å². The summed E-state index contributed by atoms with van der Waals surface area (Å²) in [4.78, 5) is 17.4. The SMILES string of the molecule is O=C(c1ncccc1O)N1CCc2c1cccc2C(F)(F)F. The first-order valence-electron chi connectivity index (χ1n) is 6.54. The fraction of sp³-hybridized carbons (Fsp3) is 0.200. The van der Waals surface area contributed by atoms with Crippen LogP contribution in [-0.2, 0) is 12.6 Å². The summed E-state index contributed by atoms with van der Waals surface area (Å²) in [5.74, 6) is -0.913. The summed E-state index contributed by atoms with van der Waals surface area (Å²) in [6.07, 6.45) is -3.00. The number of halogens is 3. The molecule has 1 aromatic heterocycles. The van der Waals surface area contributed by atoms with Crippen LogP contribution >= 0.6 is 0 Å². The molecular formula is C15H11F3N2O2. The lowest BCUT2D eigenvalue weighted by Crippen LogP contribution is -2.29. The van der Waals surface area contributed by atoms with E-state index in [9.17, 15) is 23.1 Å². The van der Waals surface area contributed by atoms with E-state index in [1.807, 2.05) is 0 Å². The van der Waals surface area contributed by atoms with Gasteiger partial charge in [0.2, 0.25) is 0 Å². The molecule has 1 amide bonds. The minimum absolute atomic E-state index is 0.0961. The van der Waals surface area contributed by atoms with E-state index in [2.05, 4.69) is 4.98 Å². The van der Waals surface area contributed by atoms with Gasteiger partial charge in [-0.25, -0.2) is 4.98 Å². The lowest BCUT2D eigenvalue weighted by Gasteiger charge is -2.18. The van der Waals surface area contributed by atoms with Gasteiger partial charge in [-0.05, 0) is 36.2 Å². The van der Waals surface area contributed by atoms with E-state index in [0.717, 1.165) is 6.07 Å². The Bertz CT molecular complexity index is 744. The second-order valence-electron chi connectivity index (χ2n) is 4.88. The van der Waals surface area contributed by atoms with Crippen LogP contribution in [0.2, 0.25) is 0 Å². The largest absolute Gasteiger partial charge is 0.505 e. The topological polar surface area (TPSA) is 53.4 Å². The number of hydrogen-bond donors (Lipinski definition) is 1. The molecule has 7 heteroatoms. The number of nitrogens with zero attached hydrogens (tertiary/aromatic N) is 2. The van der Waals surface area contributed by atoms with E-state index in [0.29, 0.717) is 0 Å². The molecule has 0 saturated carbocycles. The summed E-state index contributed by atoms with van der Waals surface area (Å²) in [6, 6.07) is 6.52. The van der Waals surface area contributed by atoms with Gasteiger partial charge in [-0.3, -0.25) is 4.79 Å². The number of hydrogen-bond acceptors (Lipinski definition) is 3. The van der Waals surface area contributed by atoms with Crippen LogP contribution in [0.1, 0.15) is 21.6 Å². The van der Waals surface area contributed by atoms with Crippen LogP contribution in [0.25, 0.3) is 0 Å². The number of aromatic hydroxyl groups is 1. The zero-order valence-electron chi connectivity index (χ0n) is 11.3. The highest BCUT2D eigenvalue weighted by molar-refractivity contribution is 6.07. The molecule has 0 fully saturated rings. The Kier molecular flexibility index (Phi) is 3.27. The Morgan fingerprint density at radius 2 is 2.00 bits per heavy atom. The van der Waals surface area contributed by atoms with Gasteiger partial charge in [-0.1, -0.05) is 6.07 Å². The zero-order valence-corrected chi connectivity index (χ0v) is 11.3. The van der Waals surface area contributed by atoms with Gasteiger partial charge in [-0.2, -0.15) is 13.2 Å². The van der Waals surface area contributed by atoms with Crippen LogP contribution in [0.5, 0.6) is 5.75 Å². The highest BCUT2D eigenvalue weighted by Crippen LogP contribution is 2.40. The van der Waals surface area contributed by atoms with Crippen molar-refractivity contribution in [3.63, 3.8) is 0 Å². The molecule has 22 heavy (non-hydrogen) atoms. The van der Waals surface area contributed by atoms with Crippen molar-refractivity contribution in [1.29, 1.82) is 0 Å². The molecule has 0 unspecified atom stereocenters. The van der Waals surface area contributed by atoms with Crippen LogP contribution in [0.3, 0.4) is 0 Å². The monoisotopic (exact) mass is 308 g/mol. The number of rotatable bonds is 1. The third-order valence-electron chi connectivity index (χ3n) is 3.57. The highest BCUT2D eigenvalue weighted by atomic mass is 19.4. The van der Waals surface area contributed by atoms with Crippen molar-refractivity contribution >= 4 is 11.6 Å². The Morgan fingerprint density at radius 1 is 1.23 bits per heavy atom. The average Bonchev–Trinajstić information content (AvgIpc) is 2.89. The van der Waals surface area contributed by atoms with Gasteiger partial charge in [0, 0.05) is 18.4 Å². The van der Waals surface area contributed by atoms with Crippen molar-refractivity contribution < 1.29 is 23.1 Å². The predicted octanol–water partition coefficient (Wildman–Crippen LogP) is 3.01. The molecule has 0 aliphatic carbocycles. The zero-order chi connectivity index (χ0) is 15.9. The first kappa shape index (κ1) is 14.4. The molecule has 0 saturated heterocycles. The number of alkyl halides is 3. The van der Waals surface area contributed by atoms with Crippen LogP contribution in [0.15, 0.2) is 36.5 Å². The van der Waals surface area contributed by atoms with Gasteiger partial charge in [0.25, 0.3) is 5.91 Å². The van der Waals surface area contributed by atoms with Gasteiger partial charge in [0.15, 0.2) is 5.69 Å². The maximum absolute atomic E-state index is 13.0. The Morgan fingerprint density at radius 3 is 2.68 bits per heavy atom. The number of amides is 1. The normalized spacial score (nSPS) is 14.0. The molecule has 1 aliphatic rings. The maximum Gasteiger partial charge on any atom is 0.416 e. The van der Waals surface area contributed by atoms with Crippen molar-refractivity contribution in [1.82, 2.24) is 4.98 Å². The van der Waals surface area contributed by atoms with Crippen molar-refractivity contribution in [3.8, 4) is 5.75 Å². The molecule has 1 N–H and O–H groups in total. The Balaban J connectivity index is 2.02. The number of fused-ring (bicyclic) bond motifs is 1. The molecule has 2 aromatic rings. The van der Waals surface area contributed by atoms with Gasteiger partial charge < -0.3 is 10.0 Å². The number of carbonyl (C=O) groups is 1. The second kappa shape index (κ2) is 5.01. The molecule has 4 nitrogen and oxygen atoms in total. The molecule has 0 atom stereocenters. The fourth-order valence-corrected chi connectivity index (χ4v) is 2.60. The summed E-state index contributed by atoms with van der Waals surface area (Å²) in [7, 11) is 0. The van der Waals surface area contributed by atoms with E-state index in [1.165, 1.54) is 35.4 Å². The van der Waals surface area contributed by atoms with Gasteiger partial charge in [0.1, 0.15) is 5.75 Å². The number of pyridine rings is 1. The number of anilines is 1. The minimum atomic E-state index is -4.46. The van der Waals surface area contributed by atoms with Gasteiger partial charge >= 0.3 is 6.18 Å². The third kappa shape index (κ3) is 2.28. The first-order valence-corrected chi connectivity index (χ1v) is 6.54. The summed E-state index contributed by atoms with van der Waals surface area (Å²) in [5, 5.41) is 9.68. The minimum Gasteiger partial charge on any atom is -0.505 e. The Labute approximate surface area is 123 Å². The lowest BCUT2D eigenvalue weighted by molar-refractivity contribution is -0.138. The fourth-order valence-electron chi connectivity index (χ4n) is 2.60. The summed E-state index contributed by atoms with van der Waals surface area (Å²) >= 11 is 0. The van der Waals surface area contributed by atoms with Crippen molar-refractivity contribution in [2.45, 2.75) is 12.6 Å². The smallest absolute Gasteiger partial charge is 0.416 e. The predicted molar refractivity (Wildman–Crippen MR) is 72.7 cm³/mol. The van der Waals surface area contributed by atoms with E-state index in [-0.39, 0.29) is 35.7 Å². The molecule has 2 heterocycles. The molecular weight excluding hydrogens is 297 g/mol. The molecule has 114 valence electrons. The third-order valence-corrected chi connectivity index (χ3v) is 3.57. The molecule has 0 spiro atoms. The van der Waals surface area contributed by atoms with Crippen LogP contribution in [0, 0.1) is 0 Å². The first-order chi connectivity index (χ1) is 10.4. The maximum atomic E-state index is 13.0. The molecule has 0 radical (unpaired) electrons. The quantitative estimate of drug-likeness (QED) is 0.881. The van der Waals surface area contributed by atoms with Gasteiger partial charge in [0.05, 0.1) is 5.56 Å². The van der Waals surface area contributed by atoms with Crippen molar-refractivity contribution in [2.24, 2.45) is 0 Å². The summed E-state index contributed by atoms with van der Waals surface area (Å²) < 4.78 is 39.0. The van der Waals surface area contributed by atoms with E-state index < -0.39 is 17.6 Å². The van der Waals surface area contributed by atoms with Crippen LogP contribution in [0.4, 0.5) is 18.9 Å². The van der Waals surface area contributed by atoms with Crippen molar-refractivity contribution in [2.75, 3.05) is 11.4 Å². The van der Waals surface area contributed by atoms with E-state index in [1.54, 1.807) is 0 Å². The lowest BCUT2D eigenvalue weighted by atomic mass is 10.0. The van der Waals surface area contributed by atoms with E-state index >= 15 is 0 Å². The van der Waals surface area contributed by atoms with Crippen LogP contribution in [-0.4, -0.2) is 22.5 Å². The number of benzene rings is 1. The number of aromatic nitrogens is 1. The Hall–Kier alpha value is -2.57.